The van der Waals surface area contributed by atoms with E-state index >= 15 is 0 Å². The van der Waals surface area contributed by atoms with Gasteiger partial charge in [0, 0.05) is 35.9 Å². The summed E-state index contributed by atoms with van der Waals surface area (Å²) in [5, 5.41) is 2.97. The molecule has 0 radical (unpaired) electrons. The van der Waals surface area contributed by atoms with Gasteiger partial charge in [0.1, 0.15) is 5.82 Å². The van der Waals surface area contributed by atoms with Gasteiger partial charge >= 0.3 is 0 Å². The van der Waals surface area contributed by atoms with Gasteiger partial charge in [0.2, 0.25) is 0 Å². The van der Waals surface area contributed by atoms with Crippen molar-refractivity contribution in [3.05, 3.63) is 108 Å². The molecule has 0 saturated heterocycles. The Labute approximate surface area is 179 Å². The Balaban J connectivity index is 1.35. The quantitative estimate of drug-likeness (QED) is 0.454. The normalized spacial score (nSPS) is 11.0. The van der Waals surface area contributed by atoms with Gasteiger partial charge in [-0.3, -0.25) is 9.36 Å². The van der Waals surface area contributed by atoms with Gasteiger partial charge in [-0.25, -0.2) is 9.97 Å². The summed E-state index contributed by atoms with van der Waals surface area (Å²) < 4.78 is 4.09. The molecule has 0 fully saturated rings. The minimum atomic E-state index is -0.156. The maximum Gasteiger partial charge on any atom is 0.255 e. The van der Waals surface area contributed by atoms with Gasteiger partial charge in [0.15, 0.2) is 0 Å². The number of imidazole rings is 2. The number of anilines is 1. The maximum atomic E-state index is 12.8. The van der Waals surface area contributed by atoms with Crippen LogP contribution in [0, 0.1) is 6.92 Å². The first-order valence-corrected chi connectivity index (χ1v) is 10.1. The van der Waals surface area contributed by atoms with Gasteiger partial charge < -0.3 is 9.88 Å². The van der Waals surface area contributed by atoms with Crippen LogP contribution in [0.25, 0.3) is 16.7 Å². The fraction of sp³-hybridized carbons (Fsp3) is 0.0800. The van der Waals surface area contributed by atoms with E-state index in [1.54, 1.807) is 12.5 Å². The lowest BCUT2D eigenvalue weighted by molar-refractivity contribution is 0.102. The number of rotatable bonds is 5. The third-order valence-electron chi connectivity index (χ3n) is 5.23. The molecule has 6 heteroatoms. The summed E-state index contributed by atoms with van der Waals surface area (Å²) in [5.74, 6) is 0.725. The molecule has 1 amide bonds. The first-order valence-electron chi connectivity index (χ1n) is 10.1. The topological polar surface area (TPSA) is 64.7 Å². The number of nitrogens with one attached hydrogen (secondary N) is 1. The van der Waals surface area contributed by atoms with Crippen LogP contribution >= 0.6 is 0 Å². The average Bonchev–Trinajstić information content (AvgIpc) is 3.41. The molecule has 5 aromatic rings. The summed E-state index contributed by atoms with van der Waals surface area (Å²) in [5.41, 5.74) is 5.29. The van der Waals surface area contributed by atoms with Gasteiger partial charge in [0.25, 0.3) is 5.91 Å². The van der Waals surface area contributed by atoms with E-state index < -0.39 is 0 Å². The van der Waals surface area contributed by atoms with E-state index in [9.17, 15) is 4.79 Å². The number of hydrogen-bond acceptors (Lipinski definition) is 3. The van der Waals surface area contributed by atoms with Crippen LogP contribution in [-0.4, -0.2) is 25.0 Å². The van der Waals surface area contributed by atoms with Crippen molar-refractivity contribution in [1.82, 2.24) is 19.1 Å². The van der Waals surface area contributed by atoms with Crippen LogP contribution in [0.5, 0.6) is 0 Å². The molecular formula is C25H21N5O. The van der Waals surface area contributed by atoms with Crippen LogP contribution in [0.1, 0.15) is 21.7 Å². The first kappa shape index (κ1) is 18.8. The molecule has 3 aromatic carbocycles. The molecule has 0 spiro atoms. The summed E-state index contributed by atoms with van der Waals surface area (Å²) >= 11 is 0. The predicted octanol–water partition coefficient (Wildman–Crippen LogP) is 4.83. The average molecular weight is 407 g/mol. The first-order chi connectivity index (χ1) is 15.2. The molecule has 0 unspecified atom stereocenters. The summed E-state index contributed by atoms with van der Waals surface area (Å²) in [6.07, 6.45) is 5.47. The third kappa shape index (κ3) is 3.83. The van der Waals surface area contributed by atoms with Crippen molar-refractivity contribution in [2.75, 3.05) is 5.32 Å². The number of aromatic nitrogens is 4. The van der Waals surface area contributed by atoms with E-state index in [2.05, 4.69) is 19.9 Å². The predicted molar refractivity (Wildman–Crippen MR) is 122 cm³/mol. The van der Waals surface area contributed by atoms with Crippen molar-refractivity contribution in [2.45, 2.75) is 13.5 Å². The molecule has 1 N–H and O–H groups in total. The second kappa shape index (κ2) is 7.91. The molecule has 152 valence electrons. The molecule has 0 aliphatic carbocycles. The molecule has 0 atom stereocenters. The van der Waals surface area contributed by atoms with Crippen molar-refractivity contribution in [2.24, 2.45) is 0 Å². The molecule has 0 aliphatic rings. The van der Waals surface area contributed by atoms with Crippen molar-refractivity contribution >= 4 is 22.6 Å². The van der Waals surface area contributed by atoms with Crippen molar-refractivity contribution < 1.29 is 4.79 Å². The molecule has 31 heavy (non-hydrogen) atoms. The molecule has 0 saturated carbocycles. The number of para-hydroxylation sites is 1. The number of aryl methyl sites for hydroxylation is 1. The highest BCUT2D eigenvalue weighted by atomic mass is 16.1. The van der Waals surface area contributed by atoms with Gasteiger partial charge in [-0.1, -0.05) is 30.3 Å². The fourth-order valence-electron chi connectivity index (χ4n) is 3.73. The minimum Gasteiger partial charge on any atom is -0.333 e. The van der Waals surface area contributed by atoms with Gasteiger partial charge in [-0.15, -0.1) is 0 Å². The lowest BCUT2D eigenvalue weighted by Crippen LogP contribution is -2.11. The molecule has 5 rings (SSSR count). The van der Waals surface area contributed by atoms with E-state index in [0.29, 0.717) is 5.56 Å². The molecule has 0 aliphatic heterocycles. The summed E-state index contributed by atoms with van der Waals surface area (Å²) in [4.78, 5) is 21.5. The van der Waals surface area contributed by atoms with Crippen molar-refractivity contribution in [3.63, 3.8) is 0 Å². The number of hydrogen-bond donors (Lipinski definition) is 1. The van der Waals surface area contributed by atoms with Gasteiger partial charge in [-0.2, -0.15) is 0 Å². The lowest BCUT2D eigenvalue weighted by Gasteiger charge is -2.08. The number of amides is 1. The zero-order chi connectivity index (χ0) is 21.2. The number of fused-ring (bicyclic) bond motifs is 1. The molecule has 2 heterocycles. The number of nitrogens with zero attached hydrogens (tertiary/aromatic N) is 4. The maximum absolute atomic E-state index is 12.8. The van der Waals surface area contributed by atoms with E-state index in [4.69, 9.17) is 0 Å². The number of carbonyl (C=O) groups excluding carboxylic acids is 1. The molecule has 2 aromatic heterocycles. The zero-order valence-electron chi connectivity index (χ0n) is 17.1. The van der Waals surface area contributed by atoms with Crippen molar-refractivity contribution in [1.29, 1.82) is 0 Å². The van der Waals surface area contributed by atoms with Crippen LogP contribution in [0.2, 0.25) is 0 Å². The number of carbonyl (C=O) groups is 1. The highest BCUT2D eigenvalue weighted by molar-refractivity contribution is 6.06. The largest absolute Gasteiger partial charge is 0.333 e. The van der Waals surface area contributed by atoms with Crippen LogP contribution < -0.4 is 5.32 Å². The molecule has 6 nitrogen and oxygen atoms in total. The zero-order valence-corrected chi connectivity index (χ0v) is 17.1. The van der Waals surface area contributed by atoms with E-state index in [-0.39, 0.29) is 5.91 Å². The standard InChI is InChI=1S/C25H21N5O/c1-18-27-23-15-20(9-12-24(23)30(18)22-5-3-2-4-6-22)25(31)28-21-10-7-19(8-11-21)16-29-14-13-26-17-29/h2-15,17H,16H2,1H3,(H,28,31). The van der Waals surface area contributed by atoms with Gasteiger partial charge in [-0.05, 0) is 55.0 Å². The summed E-state index contributed by atoms with van der Waals surface area (Å²) in [6.45, 7) is 2.71. The number of benzene rings is 3. The van der Waals surface area contributed by atoms with Crippen LogP contribution in [0.3, 0.4) is 0 Å². The Morgan fingerprint density at radius 1 is 1.00 bits per heavy atom. The highest BCUT2D eigenvalue weighted by Crippen LogP contribution is 2.23. The summed E-state index contributed by atoms with van der Waals surface area (Å²) in [7, 11) is 0. The van der Waals surface area contributed by atoms with E-state index in [1.807, 2.05) is 90.5 Å². The van der Waals surface area contributed by atoms with Crippen LogP contribution in [0.4, 0.5) is 5.69 Å². The smallest absolute Gasteiger partial charge is 0.255 e. The monoisotopic (exact) mass is 407 g/mol. The van der Waals surface area contributed by atoms with E-state index in [0.717, 1.165) is 40.3 Å². The Kier molecular flexibility index (Phi) is 4.80. The van der Waals surface area contributed by atoms with E-state index in [1.165, 1.54) is 0 Å². The highest BCUT2D eigenvalue weighted by Gasteiger charge is 2.13. The SMILES string of the molecule is Cc1nc2cc(C(=O)Nc3ccc(Cn4ccnc4)cc3)ccc2n1-c1ccccc1. The van der Waals surface area contributed by atoms with Gasteiger partial charge in [0.05, 0.1) is 17.4 Å². The second-order valence-electron chi connectivity index (χ2n) is 7.42. The van der Waals surface area contributed by atoms with Crippen LogP contribution in [-0.2, 0) is 6.54 Å². The Morgan fingerprint density at radius 2 is 1.81 bits per heavy atom. The lowest BCUT2D eigenvalue weighted by atomic mass is 10.1. The van der Waals surface area contributed by atoms with Crippen molar-refractivity contribution in [3.8, 4) is 5.69 Å². The Hall–Kier alpha value is -4.19. The fourth-order valence-corrected chi connectivity index (χ4v) is 3.73. The minimum absolute atomic E-state index is 0.156. The third-order valence-corrected chi connectivity index (χ3v) is 5.23. The summed E-state index contributed by atoms with van der Waals surface area (Å²) in [6, 6.07) is 23.6. The second-order valence-corrected chi connectivity index (χ2v) is 7.42. The Morgan fingerprint density at radius 3 is 2.55 bits per heavy atom. The van der Waals surface area contributed by atoms with Crippen LogP contribution in [0.15, 0.2) is 91.5 Å². The molecular weight excluding hydrogens is 386 g/mol. The molecule has 0 bridgehead atoms. The Bertz CT molecular complexity index is 1340.